The standard InChI is InChI=1S/C24H26N2O5S/c1-28-18-10-11-22(29-2)20(13-18)21-16-32-24(25-21)26(14-19-9-6-12-30-19)23(27)15-31-17-7-4-3-5-8-17/h3-5,7-8,10-11,13,16,19H,6,9,12,14-15H2,1-2H3/t19-/m1/s1. The van der Waals surface area contributed by atoms with Crippen LogP contribution in [0.4, 0.5) is 5.13 Å². The topological polar surface area (TPSA) is 70.1 Å². The van der Waals surface area contributed by atoms with Crippen molar-refractivity contribution in [1.82, 2.24) is 4.98 Å². The second kappa shape index (κ2) is 10.5. The lowest BCUT2D eigenvalue weighted by atomic mass is 10.1. The molecule has 0 bridgehead atoms. The second-order valence-corrected chi connectivity index (χ2v) is 8.16. The van der Waals surface area contributed by atoms with Gasteiger partial charge in [0.15, 0.2) is 11.7 Å². The Kier molecular flexibility index (Phi) is 7.24. The minimum Gasteiger partial charge on any atom is -0.497 e. The fourth-order valence-corrected chi connectivity index (χ4v) is 4.40. The molecule has 0 N–H and O–H groups in total. The van der Waals surface area contributed by atoms with Gasteiger partial charge in [-0.05, 0) is 43.2 Å². The molecule has 3 aromatic rings. The number of amides is 1. The molecule has 0 unspecified atom stereocenters. The monoisotopic (exact) mass is 454 g/mol. The second-order valence-electron chi connectivity index (χ2n) is 7.32. The number of para-hydroxylation sites is 1. The number of aromatic nitrogens is 1. The Morgan fingerprint density at radius 3 is 2.72 bits per heavy atom. The van der Waals surface area contributed by atoms with Crippen molar-refractivity contribution in [3.63, 3.8) is 0 Å². The molecule has 32 heavy (non-hydrogen) atoms. The maximum atomic E-state index is 13.1. The first kappa shape index (κ1) is 22.1. The molecule has 7 nitrogen and oxygen atoms in total. The number of carbonyl (C=O) groups excluding carboxylic acids is 1. The van der Waals surface area contributed by atoms with E-state index in [2.05, 4.69) is 0 Å². The molecule has 1 aromatic heterocycles. The maximum absolute atomic E-state index is 13.1. The molecule has 1 aliphatic heterocycles. The highest BCUT2D eigenvalue weighted by molar-refractivity contribution is 7.14. The van der Waals surface area contributed by atoms with Gasteiger partial charge >= 0.3 is 0 Å². The lowest BCUT2D eigenvalue weighted by Gasteiger charge is -2.23. The zero-order chi connectivity index (χ0) is 22.3. The van der Waals surface area contributed by atoms with Crippen LogP contribution in [0.2, 0.25) is 0 Å². The summed E-state index contributed by atoms with van der Waals surface area (Å²) in [6.07, 6.45) is 1.91. The fourth-order valence-electron chi connectivity index (χ4n) is 3.54. The smallest absolute Gasteiger partial charge is 0.266 e. The SMILES string of the molecule is COc1ccc(OC)c(-c2csc(N(C[C@H]3CCCO3)C(=O)COc3ccccc3)n2)c1. The Morgan fingerprint density at radius 2 is 2.00 bits per heavy atom. The number of nitrogens with zero attached hydrogens (tertiary/aromatic N) is 2. The van der Waals surface area contributed by atoms with Crippen LogP contribution in [-0.4, -0.2) is 51.0 Å². The van der Waals surface area contributed by atoms with E-state index in [1.54, 1.807) is 19.1 Å². The normalized spacial score (nSPS) is 15.4. The van der Waals surface area contributed by atoms with Crippen molar-refractivity contribution in [3.05, 3.63) is 53.9 Å². The highest BCUT2D eigenvalue weighted by Crippen LogP contribution is 2.36. The molecule has 0 spiro atoms. The Morgan fingerprint density at radius 1 is 1.16 bits per heavy atom. The van der Waals surface area contributed by atoms with E-state index in [0.29, 0.717) is 28.9 Å². The fraction of sp³-hybridized carbons (Fsp3) is 0.333. The summed E-state index contributed by atoms with van der Waals surface area (Å²) < 4.78 is 22.3. The summed E-state index contributed by atoms with van der Waals surface area (Å²) in [7, 11) is 3.24. The number of hydrogen-bond acceptors (Lipinski definition) is 7. The lowest BCUT2D eigenvalue weighted by molar-refractivity contribution is -0.120. The molecule has 2 heterocycles. The van der Waals surface area contributed by atoms with Crippen LogP contribution < -0.4 is 19.1 Å². The summed E-state index contributed by atoms with van der Waals surface area (Å²) in [5.41, 5.74) is 1.52. The van der Waals surface area contributed by atoms with E-state index >= 15 is 0 Å². The van der Waals surface area contributed by atoms with Gasteiger partial charge in [0.2, 0.25) is 0 Å². The van der Waals surface area contributed by atoms with Gasteiger partial charge in [0, 0.05) is 17.6 Å². The van der Waals surface area contributed by atoms with E-state index in [1.807, 2.05) is 53.9 Å². The van der Waals surface area contributed by atoms with E-state index < -0.39 is 0 Å². The summed E-state index contributed by atoms with van der Waals surface area (Å²) in [6.45, 7) is 1.09. The number of carbonyl (C=O) groups is 1. The maximum Gasteiger partial charge on any atom is 0.266 e. The van der Waals surface area contributed by atoms with Gasteiger partial charge in [0.05, 0.1) is 32.6 Å². The molecule has 1 amide bonds. The van der Waals surface area contributed by atoms with Crippen LogP contribution >= 0.6 is 11.3 Å². The van der Waals surface area contributed by atoms with Crippen LogP contribution in [-0.2, 0) is 9.53 Å². The molecule has 1 fully saturated rings. The number of methoxy groups -OCH3 is 2. The minimum absolute atomic E-state index is 0.00520. The third-order valence-corrected chi connectivity index (χ3v) is 6.09. The van der Waals surface area contributed by atoms with Crippen molar-refractivity contribution >= 4 is 22.4 Å². The largest absolute Gasteiger partial charge is 0.497 e. The summed E-state index contributed by atoms with van der Waals surface area (Å²) in [5, 5.41) is 2.52. The first-order chi connectivity index (χ1) is 15.7. The van der Waals surface area contributed by atoms with Gasteiger partial charge < -0.3 is 18.9 Å². The zero-order valence-electron chi connectivity index (χ0n) is 18.2. The van der Waals surface area contributed by atoms with E-state index in [0.717, 1.165) is 30.7 Å². The molecule has 1 atom stereocenters. The summed E-state index contributed by atoms with van der Waals surface area (Å²) in [5.74, 6) is 1.88. The molecule has 0 aliphatic carbocycles. The van der Waals surface area contributed by atoms with Crippen LogP contribution in [0.1, 0.15) is 12.8 Å². The van der Waals surface area contributed by atoms with E-state index in [-0.39, 0.29) is 18.6 Å². The predicted molar refractivity (Wildman–Crippen MR) is 124 cm³/mol. The van der Waals surface area contributed by atoms with Gasteiger partial charge in [0.25, 0.3) is 5.91 Å². The van der Waals surface area contributed by atoms with Crippen LogP contribution in [0.15, 0.2) is 53.9 Å². The summed E-state index contributed by atoms with van der Waals surface area (Å²) >= 11 is 1.41. The molecular weight excluding hydrogens is 428 g/mol. The highest BCUT2D eigenvalue weighted by Gasteiger charge is 2.27. The van der Waals surface area contributed by atoms with Crippen molar-refractivity contribution in [1.29, 1.82) is 0 Å². The Hall–Kier alpha value is -3.10. The van der Waals surface area contributed by atoms with Crippen LogP contribution in [0, 0.1) is 0 Å². The van der Waals surface area contributed by atoms with Crippen molar-refractivity contribution < 1.29 is 23.7 Å². The van der Waals surface area contributed by atoms with Gasteiger partial charge in [-0.3, -0.25) is 9.69 Å². The van der Waals surface area contributed by atoms with Crippen LogP contribution in [0.25, 0.3) is 11.3 Å². The third-order valence-electron chi connectivity index (χ3n) is 5.22. The van der Waals surface area contributed by atoms with Crippen molar-refractivity contribution in [2.45, 2.75) is 18.9 Å². The van der Waals surface area contributed by atoms with Crippen molar-refractivity contribution in [2.75, 3.05) is 38.9 Å². The zero-order valence-corrected chi connectivity index (χ0v) is 19.0. The number of rotatable bonds is 9. The van der Waals surface area contributed by atoms with E-state index in [4.69, 9.17) is 23.9 Å². The molecule has 2 aromatic carbocycles. The Labute approximate surface area is 191 Å². The molecule has 4 rings (SSSR count). The Bertz CT molecular complexity index is 1030. The quantitative estimate of drug-likeness (QED) is 0.477. The van der Waals surface area contributed by atoms with E-state index in [9.17, 15) is 4.79 Å². The van der Waals surface area contributed by atoms with Crippen molar-refractivity contribution in [2.24, 2.45) is 0 Å². The van der Waals surface area contributed by atoms with Crippen molar-refractivity contribution in [3.8, 4) is 28.5 Å². The number of thiazole rings is 1. The lowest BCUT2D eigenvalue weighted by Crippen LogP contribution is -2.40. The Balaban J connectivity index is 1.57. The molecule has 1 saturated heterocycles. The third kappa shape index (κ3) is 5.20. The molecule has 0 saturated carbocycles. The molecule has 0 radical (unpaired) electrons. The van der Waals surface area contributed by atoms with Gasteiger partial charge in [-0.25, -0.2) is 4.98 Å². The molecule has 168 valence electrons. The van der Waals surface area contributed by atoms with Gasteiger partial charge in [-0.2, -0.15) is 0 Å². The first-order valence-electron chi connectivity index (χ1n) is 10.5. The summed E-state index contributed by atoms with van der Waals surface area (Å²) in [4.78, 5) is 19.6. The highest BCUT2D eigenvalue weighted by atomic mass is 32.1. The number of ether oxygens (including phenoxy) is 4. The molecule has 1 aliphatic rings. The minimum atomic E-state index is -0.164. The van der Waals surface area contributed by atoms with Gasteiger partial charge in [-0.1, -0.05) is 18.2 Å². The predicted octanol–water partition coefficient (Wildman–Crippen LogP) is 4.42. The average molecular weight is 455 g/mol. The first-order valence-corrected chi connectivity index (χ1v) is 11.3. The summed E-state index contributed by atoms with van der Waals surface area (Å²) in [6, 6.07) is 14.9. The van der Waals surface area contributed by atoms with E-state index in [1.165, 1.54) is 11.3 Å². The molecular formula is C24H26N2O5S. The van der Waals surface area contributed by atoms with Crippen LogP contribution in [0.5, 0.6) is 17.2 Å². The number of benzene rings is 2. The van der Waals surface area contributed by atoms with Gasteiger partial charge in [0.1, 0.15) is 17.2 Å². The number of hydrogen-bond donors (Lipinski definition) is 0. The number of anilines is 1. The van der Waals surface area contributed by atoms with Crippen LogP contribution in [0.3, 0.4) is 0 Å². The average Bonchev–Trinajstić information content (AvgIpc) is 3.53. The van der Waals surface area contributed by atoms with Gasteiger partial charge in [-0.15, -0.1) is 11.3 Å². The molecule has 8 heteroatoms.